The van der Waals surface area contributed by atoms with Crippen molar-refractivity contribution in [3.05, 3.63) is 0 Å². The molecule has 2 unspecified atom stereocenters. The zero-order valence-corrected chi connectivity index (χ0v) is 7.04. The molecule has 3 heteroatoms. The first-order valence-electron chi connectivity index (χ1n) is 3.80. The van der Waals surface area contributed by atoms with Gasteiger partial charge < -0.3 is 4.74 Å². The first-order valence-corrected chi connectivity index (χ1v) is 4.79. The molecule has 0 amide bonds. The molecule has 2 aliphatic heterocycles. The normalized spacial score (nSPS) is 47.1. The number of hydrogen-bond acceptors (Lipinski definition) is 3. The third kappa shape index (κ3) is 1.06. The van der Waals surface area contributed by atoms with Crippen LogP contribution in [0.4, 0.5) is 0 Å². The highest BCUT2D eigenvalue weighted by Crippen LogP contribution is 2.36. The fourth-order valence-corrected chi connectivity index (χ4v) is 2.92. The second-order valence-corrected chi connectivity index (χ2v) is 4.56. The predicted octanol–water partition coefficient (Wildman–Crippen LogP) is 0.828. The van der Waals surface area contributed by atoms with Crippen LogP contribution in [0.2, 0.25) is 0 Å². The van der Waals surface area contributed by atoms with Gasteiger partial charge in [-0.05, 0) is 6.92 Å². The van der Waals surface area contributed by atoms with Crippen LogP contribution in [0.25, 0.3) is 0 Å². The Bertz CT molecular complexity index is 134. The molecule has 0 saturated carbocycles. The Morgan fingerprint density at radius 2 is 2.60 bits per heavy atom. The number of rotatable bonds is 0. The van der Waals surface area contributed by atoms with Crippen molar-refractivity contribution in [2.24, 2.45) is 0 Å². The molecule has 2 atom stereocenters. The van der Waals surface area contributed by atoms with E-state index in [1.165, 1.54) is 12.2 Å². The molecule has 1 N–H and O–H groups in total. The minimum atomic E-state index is 0.305. The molecule has 2 saturated heterocycles. The van der Waals surface area contributed by atoms with E-state index in [1.54, 1.807) is 0 Å². The van der Waals surface area contributed by atoms with E-state index in [0.29, 0.717) is 10.9 Å². The zero-order valence-electron chi connectivity index (χ0n) is 6.22. The van der Waals surface area contributed by atoms with E-state index in [1.807, 2.05) is 11.8 Å². The standard InChI is InChI=1S/C7H13NOS/c1-6-4-10-7(8-6)2-3-9-5-7/h6,8H,2-5H2,1H3. The Morgan fingerprint density at radius 3 is 3.10 bits per heavy atom. The summed E-state index contributed by atoms with van der Waals surface area (Å²) in [7, 11) is 0. The molecule has 0 bridgehead atoms. The summed E-state index contributed by atoms with van der Waals surface area (Å²) in [5, 5.41) is 3.57. The van der Waals surface area contributed by atoms with Crippen molar-refractivity contribution in [3.63, 3.8) is 0 Å². The van der Waals surface area contributed by atoms with Crippen molar-refractivity contribution in [3.8, 4) is 0 Å². The average molecular weight is 159 g/mol. The van der Waals surface area contributed by atoms with Crippen molar-refractivity contribution in [1.29, 1.82) is 0 Å². The van der Waals surface area contributed by atoms with Crippen molar-refractivity contribution in [2.75, 3.05) is 19.0 Å². The molecule has 2 heterocycles. The Labute approximate surface area is 65.7 Å². The van der Waals surface area contributed by atoms with Crippen LogP contribution >= 0.6 is 11.8 Å². The van der Waals surface area contributed by atoms with Gasteiger partial charge in [-0.15, -0.1) is 11.8 Å². The Kier molecular flexibility index (Phi) is 1.66. The zero-order chi connectivity index (χ0) is 7.03. The Morgan fingerprint density at radius 1 is 1.70 bits per heavy atom. The number of nitrogens with one attached hydrogen (secondary N) is 1. The minimum absolute atomic E-state index is 0.305. The van der Waals surface area contributed by atoms with Gasteiger partial charge >= 0.3 is 0 Å². The van der Waals surface area contributed by atoms with Crippen LogP contribution in [0.3, 0.4) is 0 Å². The first-order chi connectivity index (χ1) is 4.81. The van der Waals surface area contributed by atoms with Crippen LogP contribution in [-0.2, 0) is 4.74 Å². The molecule has 58 valence electrons. The van der Waals surface area contributed by atoms with E-state index in [4.69, 9.17) is 4.74 Å². The highest BCUT2D eigenvalue weighted by molar-refractivity contribution is 8.00. The predicted molar refractivity (Wildman–Crippen MR) is 43.2 cm³/mol. The third-order valence-electron chi connectivity index (χ3n) is 2.10. The summed E-state index contributed by atoms with van der Waals surface area (Å²) in [5.74, 6) is 1.24. The molecule has 0 aromatic rings. The number of hydrogen-bond donors (Lipinski definition) is 1. The quantitative estimate of drug-likeness (QED) is 0.565. The van der Waals surface area contributed by atoms with Crippen LogP contribution in [-0.4, -0.2) is 29.9 Å². The average Bonchev–Trinajstić information content (AvgIpc) is 2.46. The van der Waals surface area contributed by atoms with Gasteiger partial charge in [-0.1, -0.05) is 0 Å². The van der Waals surface area contributed by atoms with Crippen LogP contribution in [0, 0.1) is 0 Å². The van der Waals surface area contributed by atoms with Gasteiger partial charge in [-0.2, -0.15) is 0 Å². The lowest BCUT2D eigenvalue weighted by Crippen LogP contribution is -2.40. The maximum atomic E-state index is 5.35. The SMILES string of the molecule is CC1CSC2(CCOC2)N1. The summed E-state index contributed by atoms with van der Waals surface area (Å²) in [4.78, 5) is 0.305. The van der Waals surface area contributed by atoms with E-state index < -0.39 is 0 Å². The van der Waals surface area contributed by atoms with Gasteiger partial charge in [0.15, 0.2) is 0 Å². The van der Waals surface area contributed by atoms with Crippen molar-refractivity contribution in [1.82, 2.24) is 5.32 Å². The fraction of sp³-hybridized carbons (Fsp3) is 1.00. The first kappa shape index (κ1) is 6.95. The molecule has 2 fully saturated rings. The van der Waals surface area contributed by atoms with Gasteiger partial charge in [0.25, 0.3) is 0 Å². The second-order valence-electron chi connectivity index (χ2n) is 3.15. The van der Waals surface area contributed by atoms with Crippen LogP contribution < -0.4 is 5.32 Å². The van der Waals surface area contributed by atoms with E-state index in [0.717, 1.165) is 13.2 Å². The van der Waals surface area contributed by atoms with Gasteiger partial charge in [0, 0.05) is 24.8 Å². The molecule has 0 aliphatic carbocycles. The molecular formula is C7H13NOS. The maximum Gasteiger partial charge on any atom is 0.0906 e. The van der Waals surface area contributed by atoms with E-state index in [9.17, 15) is 0 Å². The number of thioether (sulfide) groups is 1. The highest BCUT2D eigenvalue weighted by atomic mass is 32.2. The largest absolute Gasteiger partial charge is 0.379 e. The summed E-state index contributed by atoms with van der Waals surface area (Å²) in [5.41, 5.74) is 0. The minimum Gasteiger partial charge on any atom is -0.379 e. The van der Waals surface area contributed by atoms with Crippen molar-refractivity contribution in [2.45, 2.75) is 24.3 Å². The monoisotopic (exact) mass is 159 g/mol. The second kappa shape index (κ2) is 2.40. The van der Waals surface area contributed by atoms with Gasteiger partial charge in [0.1, 0.15) is 0 Å². The van der Waals surface area contributed by atoms with Gasteiger partial charge in [-0.25, -0.2) is 0 Å². The lowest BCUT2D eigenvalue weighted by molar-refractivity contribution is 0.185. The summed E-state index contributed by atoms with van der Waals surface area (Å²) in [6.07, 6.45) is 1.18. The van der Waals surface area contributed by atoms with Gasteiger partial charge in [-0.3, -0.25) is 5.32 Å². The highest BCUT2D eigenvalue weighted by Gasteiger charge is 2.40. The summed E-state index contributed by atoms with van der Waals surface area (Å²) < 4.78 is 5.35. The Balaban J connectivity index is 2.03. The summed E-state index contributed by atoms with van der Waals surface area (Å²) in [6.45, 7) is 4.08. The van der Waals surface area contributed by atoms with Crippen LogP contribution in [0.5, 0.6) is 0 Å². The van der Waals surface area contributed by atoms with E-state index >= 15 is 0 Å². The van der Waals surface area contributed by atoms with Crippen LogP contribution in [0.15, 0.2) is 0 Å². The molecule has 10 heavy (non-hydrogen) atoms. The molecule has 2 aliphatic rings. The van der Waals surface area contributed by atoms with Crippen LogP contribution in [0.1, 0.15) is 13.3 Å². The molecule has 2 nitrogen and oxygen atoms in total. The van der Waals surface area contributed by atoms with E-state index in [2.05, 4.69) is 12.2 Å². The topological polar surface area (TPSA) is 21.3 Å². The molecule has 0 radical (unpaired) electrons. The maximum absolute atomic E-state index is 5.35. The molecule has 1 spiro atoms. The summed E-state index contributed by atoms with van der Waals surface area (Å²) in [6, 6.07) is 0.673. The third-order valence-corrected chi connectivity index (χ3v) is 3.76. The van der Waals surface area contributed by atoms with E-state index in [-0.39, 0.29) is 0 Å². The molecule has 0 aromatic carbocycles. The number of ether oxygens (including phenoxy) is 1. The van der Waals surface area contributed by atoms with Gasteiger partial charge in [0.2, 0.25) is 0 Å². The van der Waals surface area contributed by atoms with Crippen molar-refractivity contribution < 1.29 is 4.74 Å². The van der Waals surface area contributed by atoms with Crippen molar-refractivity contribution >= 4 is 11.8 Å². The summed E-state index contributed by atoms with van der Waals surface area (Å²) >= 11 is 2.02. The molecule has 2 rings (SSSR count). The van der Waals surface area contributed by atoms with Gasteiger partial charge in [0.05, 0.1) is 11.5 Å². The molecule has 0 aromatic heterocycles. The fourth-order valence-electron chi connectivity index (χ4n) is 1.59. The lowest BCUT2D eigenvalue weighted by Gasteiger charge is -2.20. The molecular weight excluding hydrogens is 146 g/mol. The lowest BCUT2D eigenvalue weighted by atomic mass is 10.2. The Hall–Kier alpha value is 0.270. The smallest absolute Gasteiger partial charge is 0.0906 e.